The number of aromatic carboxylic acids is 1. The number of hydrogen-bond donors (Lipinski definition) is 2. The molecule has 0 spiro atoms. The van der Waals surface area contributed by atoms with Gasteiger partial charge in [-0.15, -0.1) is 0 Å². The van der Waals surface area contributed by atoms with Crippen molar-refractivity contribution in [3.63, 3.8) is 0 Å². The molecule has 0 fully saturated rings. The highest BCUT2D eigenvalue weighted by Gasteiger charge is 2.15. The number of carboxylic acid groups (broad SMARTS) is 1. The highest BCUT2D eigenvalue weighted by Crippen LogP contribution is 2.26. The summed E-state index contributed by atoms with van der Waals surface area (Å²) in [6, 6.07) is 4.63. The Balaban J connectivity index is 2.83. The summed E-state index contributed by atoms with van der Waals surface area (Å²) in [4.78, 5) is 22.5. The quantitative estimate of drug-likeness (QED) is 0.893. The maximum Gasteiger partial charge on any atom is 0.411 e. The van der Waals surface area contributed by atoms with Crippen LogP contribution in [0.5, 0.6) is 0 Å². The summed E-state index contributed by atoms with van der Waals surface area (Å²) in [6.45, 7) is 4.10. The van der Waals surface area contributed by atoms with Gasteiger partial charge in [0.1, 0.15) is 0 Å². The summed E-state index contributed by atoms with van der Waals surface area (Å²) in [5.41, 5.74) is 0.199. The van der Waals surface area contributed by atoms with E-state index in [9.17, 15) is 9.59 Å². The van der Waals surface area contributed by atoms with Crippen molar-refractivity contribution >= 4 is 33.7 Å². The summed E-state index contributed by atoms with van der Waals surface area (Å²) in [7, 11) is 0. The van der Waals surface area contributed by atoms with E-state index in [2.05, 4.69) is 21.2 Å². The largest absolute Gasteiger partial charge is 0.478 e. The first kappa shape index (κ1) is 14.5. The molecule has 0 saturated heterocycles. The van der Waals surface area contributed by atoms with Gasteiger partial charge in [0, 0.05) is 4.47 Å². The normalized spacial score (nSPS) is 10.2. The van der Waals surface area contributed by atoms with E-state index in [0.717, 1.165) is 0 Å². The van der Waals surface area contributed by atoms with Gasteiger partial charge in [-0.05, 0) is 34.0 Å². The minimum atomic E-state index is -1.12. The van der Waals surface area contributed by atoms with Gasteiger partial charge in [-0.25, -0.2) is 9.59 Å². The van der Waals surface area contributed by atoms with Crippen molar-refractivity contribution in [2.24, 2.45) is 5.92 Å². The second kappa shape index (κ2) is 6.39. The highest BCUT2D eigenvalue weighted by atomic mass is 79.9. The Morgan fingerprint density at radius 2 is 2.11 bits per heavy atom. The van der Waals surface area contributed by atoms with Crippen LogP contribution in [0.1, 0.15) is 24.2 Å². The topological polar surface area (TPSA) is 75.6 Å². The fourth-order valence-corrected chi connectivity index (χ4v) is 1.68. The fourth-order valence-electron chi connectivity index (χ4n) is 1.21. The fraction of sp³-hybridized carbons (Fsp3) is 0.333. The van der Waals surface area contributed by atoms with Crippen LogP contribution in [0.25, 0.3) is 0 Å². The van der Waals surface area contributed by atoms with E-state index >= 15 is 0 Å². The maximum absolute atomic E-state index is 11.5. The minimum absolute atomic E-state index is 0.00544. The number of nitrogens with one attached hydrogen (secondary N) is 1. The van der Waals surface area contributed by atoms with Crippen LogP contribution in [-0.2, 0) is 4.74 Å². The molecule has 1 amide bonds. The van der Waals surface area contributed by atoms with Crippen molar-refractivity contribution < 1.29 is 19.4 Å². The van der Waals surface area contributed by atoms with Crippen LogP contribution >= 0.6 is 15.9 Å². The zero-order valence-corrected chi connectivity index (χ0v) is 11.7. The predicted octanol–water partition coefficient (Wildman–Crippen LogP) is 3.35. The highest BCUT2D eigenvalue weighted by molar-refractivity contribution is 9.10. The molecular weight excluding hydrogens is 302 g/mol. The van der Waals surface area contributed by atoms with Crippen LogP contribution < -0.4 is 5.32 Å². The standard InChI is InChI=1S/C12H14BrNO4/c1-7(2)6-18-12(17)14-10-8(11(15)16)4-3-5-9(10)13/h3-5,7H,6H2,1-2H3,(H,14,17)(H,15,16). The maximum atomic E-state index is 11.5. The second-order valence-corrected chi connectivity index (χ2v) is 4.94. The molecular formula is C12H14BrNO4. The lowest BCUT2D eigenvalue weighted by molar-refractivity contribution is 0.0698. The molecule has 1 rings (SSSR count). The monoisotopic (exact) mass is 315 g/mol. The second-order valence-electron chi connectivity index (χ2n) is 4.08. The average Bonchev–Trinajstić information content (AvgIpc) is 2.28. The number of para-hydroxylation sites is 1. The molecule has 5 nitrogen and oxygen atoms in total. The number of rotatable bonds is 4. The summed E-state index contributed by atoms with van der Waals surface area (Å²) < 4.78 is 5.42. The molecule has 0 heterocycles. The molecule has 0 saturated carbocycles. The van der Waals surface area contributed by atoms with E-state index in [1.54, 1.807) is 12.1 Å². The van der Waals surface area contributed by atoms with Crippen molar-refractivity contribution in [1.82, 2.24) is 0 Å². The molecule has 18 heavy (non-hydrogen) atoms. The molecule has 0 aliphatic heterocycles. The number of hydrogen-bond acceptors (Lipinski definition) is 3. The zero-order chi connectivity index (χ0) is 13.7. The summed E-state index contributed by atoms with van der Waals surface area (Å²) >= 11 is 3.19. The number of carbonyl (C=O) groups excluding carboxylic acids is 1. The molecule has 6 heteroatoms. The first-order chi connectivity index (χ1) is 8.41. The van der Waals surface area contributed by atoms with Crippen molar-refractivity contribution in [3.05, 3.63) is 28.2 Å². The smallest absolute Gasteiger partial charge is 0.411 e. The van der Waals surface area contributed by atoms with E-state index in [0.29, 0.717) is 4.47 Å². The van der Waals surface area contributed by atoms with E-state index in [1.807, 2.05) is 13.8 Å². The number of anilines is 1. The Labute approximate surface area is 113 Å². The number of halogens is 1. The van der Waals surface area contributed by atoms with Gasteiger partial charge in [0.25, 0.3) is 0 Å². The van der Waals surface area contributed by atoms with Crippen LogP contribution in [0.2, 0.25) is 0 Å². The van der Waals surface area contributed by atoms with Crippen LogP contribution in [0.15, 0.2) is 22.7 Å². The lowest BCUT2D eigenvalue weighted by atomic mass is 10.2. The third kappa shape index (κ3) is 4.03. The molecule has 1 aromatic carbocycles. The number of amides is 1. The van der Waals surface area contributed by atoms with Gasteiger partial charge in [0.15, 0.2) is 0 Å². The number of benzene rings is 1. The van der Waals surface area contributed by atoms with Crippen LogP contribution in [0, 0.1) is 5.92 Å². The Morgan fingerprint density at radius 1 is 1.44 bits per heavy atom. The summed E-state index contributed by atoms with van der Waals surface area (Å²) in [5, 5.41) is 11.4. The molecule has 0 atom stereocenters. The van der Waals surface area contributed by atoms with E-state index in [1.165, 1.54) is 6.07 Å². The number of ether oxygens (including phenoxy) is 1. The number of carbonyl (C=O) groups is 2. The SMILES string of the molecule is CC(C)COC(=O)Nc1c(Br)cccc1C(=O)O. The van der Waals surface area contributed by atoms with Crippen molar-refractivity contribution in [1.29, 1.82) is 0 Å². The molecule has 0 aliphatic carbocycles. The molecule has 1 aromatic rings. The van der Waals surface area contributed by atoms with Gasteiger partial charge in [0.05, 0.1) is 17.9 Å². The third-order valence-electron chi connectivity index (χ3n) is 2.02. The van der Waals surface area contributed by atoms with Gasteiger partial charge in [-0.3, -0.25) is 5.32 Å². The minimum Gasteiger partial charge on any atom is -0.478 e. The third-order valence-corrected chi connectivity index (χ3v) is 2.68. The molecule has 0 aliphatic rings. The van der Waals surface area contributed by atoms with E-state index in [-0.39, 0.29) is 23.8 Å². The average molecular weight is 316 g/mol. The van der Waals surface area contributed by atoms with Crippen molar-refractivity contribution in [3.8, 4) is 0 Å². The first-order valence-corrected chi connectivity index (χ1v) is 6.16. The summed E-state index contributed by atoms with van der Waals surface area (Å²) in [5.74, 6) is -0.899. The Bertz CT molecular complexity index is 459. The zero-order valence-electron chi connectivity index (χ0n) is 10.1. The lowest BCUT2D eigenvalue weighted by Crippen LogP contribution is -2.18. The van der Waals surface area contributed by atoms with Crippen molar-refractivity contribution in [2.45, 2.75) is 13.8 Å². The molecule has 0 bridgehead atoms. The number of carboxylic acids is 1. The van der Waals surface area contributed by atoms with Gasteiger partial charge in [-0.1, -0.05) is 19.9 Å². The Morgan fingerprint density at radius 3 is 2.67 bits per heavy atom. The van der Waals surface area contributed by atoms with Crippen LogP contribution in [-0.4, -0.2) is 23.8 Å². The Hall–Kier alpha value is -1.56. The van der Waals surface area contributed by atoms with Gasteiger partial charge >= 0.3 is 12.1 Å². The molecule has 0 radical (unpaired) electrons. The van der Waals surface area contributed by atoms with Gasteiger partial charge in [0.2, 0.25) is 0 Å². The Kier molecular flexibility index (Phi) is 5.15. The van der Waals surface area contributed by atoms with Gasteiger partial charge in [-0.2, -0.15) is 0 Å². The molecule has 0 unspecified atom stereocenters. The van der Waals surface area contributed by atoms with E-state index < -0.39 is 12.1 Å². The predicted molar refractivity (Wildman–Crippen MR) is 70.9 cm³/mol. The lowest BCUT2D eigenvalue weighted by Gasteiger charge is -2.12. The molecule has 0 aromatic heterocycles. The summed E-state index contributed by atoms with van der Waals surface area (Å²) in [6.07, 6.45) is -0.668. The molecule has 2 N–H and O–H groups in total. The van der Waals surface area contributed by atoms with Crippen LogP contribution in [0.3, 0.4) is 0 Å². The van der Waals surface area contributed by atoms with Gasteiger partial charge < -0.3 is 9.84 Å². The van der Waals surface area contributed by atoms with Crippen LogP contribution in [0.4, 0.5) is 10.5 Å². The van der Waals surface area contributed by atoms with E-state index in [4.69, 9.17) is 9.84 Å². The first-order valence-electron chi connectivity index (χ1n) is 5.37. The van der Waals surface area contributed by atoms with Crippen molar-refractivity contribution in [2.75, 3.05) is 11.9 Å². The molecule has 98 valence electrons.